The minimum absolute atomic E-state index is 0.0529. The van der Waals surface area contributed by atoms with Crippen molar-refractivity contribution in [3.8, 4) is 0 Å². The molecule has 0 atom stereocenters. The molecule has 0 saturated heterocycles. The molecule has 0 aromatic carbocycles. The largest absolute Gasteiger partial charge is 0.509 e. The highest BCUT2D eigenvalue weighted by atomic mass is 16.5. The van der Waals surface area contributed by atoms with Crippen molar-refractivity contribution < 1.29 is 9.84 Å². The molecule has 80 valence electrons. The molecule has 0 bridgehead atoms. The predicted molar refractivity (Wildman–Crippen MR) is 64.2 cm³/mol. The summed E-state index contributed by atoms with van der Waals surface area (Å²) in [7, 11) is 0. The summed E-state index contributed by atoms with van der Waals surface area (Å²) in [6.07, 6.45) is 6.36. The summed E-state index contributed by atoms with van der Waals surface area (Å²) in [6.45, 7) is 16.1. The van der Waals surface area contributed by atoms with Crippen molar-refractivity contribution >= 4 is 0 Å². The summed E-state index contributed by atoms with van der Waals surface area (Å²) >= 11 is 0. The van der Waals surface area contributed by atoms with Gasteiger partial charge in [0.1, 0.15) is 17.3 Å². The van der Waals surface area contributed by atoms with Crippen LogP contribution in [0.25, 0.3) is 0 Å². The standard InChI is InChI=1S/C13H16O2/c1-10(2)6-8-12(4)15-13(5)9-7-11(3)14/h6-9,14H,1,3-5H2,2H3/b8-6-,9-7-. The maximum Gasteiger partial charge on any atom is 0.120 e. The van der Waals surface area contributed by atoms with E-state index in [0.717, 1.165) is 5.57 Å². The van der Waals surface area contributed by atoms with E-state index in [1.54, 1.807) is 12.2 Å². The van der Waals surface area contributed by atoms with E-state index >= 15 is 0 Å². The van der Waals surface area contributed by atoms with Gasteiger partial charge >= 0.3 is 0 Å². The van der Waals surface area contributed by atoms with E-state index in [9.17, 15) is 0 Å². The second-order valence-electron chi connectivity index (χ2n) is 3.04. The van der Waals surface area contributed by atoms with Gasteiger partial charge in [-0.3, -0.25) is 0 Å². The molecule has 2 heteroatoms. The van der Waals surface area contributed by atoms with E-state index in [1.165, 1.54) is 12.2 Å². The number of aliphatic hydroxyl groups is 1. The van der Waals surface area contributed by atoms with Crippen molar-refractivity contribution in [1.29, 1.82) is 0 Å². The third kappa shape index (κ3) is 8.37. The molecule has 0 aliphatic heterocycles. The van der Waals surface area contributed by atoms with Crippen LogP contribution in [-0.4, -0.2) is 5.11 Å². The van der Waals surface area contributed by atoms with E-state index in [2.05, 4.69) is 26.3 Å². The van der Waals surface area contributed by atoms with Gasteiger partial charge in [0.15, 0.2) is 0 Å². The molecular weight excluding hydrogens is 188 g/mol. The van der Waals surface area contributed by atoms with Gasteiger partial charge in [-0.1, -0.05) is 38.0 Å². The maximum atomic E-state index is 8.79. The number of hydrogen-bond acceptors (Lipinski definition) is 2. The summed E-state index contributed by atoms with van der Waals surface area (Å²) < 4.78 is 5.20. The third-order valence-corrected chi connectivity index (χ3v) is 1.28. The van der Waals surface area contributed by atoms with Crippen LogP contribution in [0.1, 0.15) is 6.92 Å². The Morgan fingerprint density at radius 1 is 0.933 bits per heavy atom. The molecule has 0 radical (unpaired) electrons. The summed E-state index contributed by atoms with van der Waals surface area (Å²) in [5, 5.41) is 8.79. The van der Waals surface area contributed by atoms with Crippen LogP contribution in [0.2, 0.25) is 0 Å². The SMILES string of the molecule is C=C(C)/C=C\C(=C)OC(=C)/C=C\C(=C)O. The summed E-state index contributed by atoms with van der Waals surface area (Å²) in [6, 6.07) is 0. The minimum atomic E-state index is -0.0529. The van der Waals surface area contributed by atoms with Gasteiger partial charge in [-0.25, -0.2) is 0 Å². The molecular formula is C13H16O2. The second-order valence-corrected chi connectivity index (χ2v) is 3.04. The maximum absolute atomic E-state index is 8.79. The van der Waals surface area contributed by atoms with Crippen LogP contribution in [0.3, 0.4) is 0 Å². The van der Waals surface area contributed by atoms with Crippen molar-refractivity contribution in [2.45, 2.75) is 6.92 Å². The molecule has 0 saturated carbocycles. The fourth-order valence-electron chi connectivity index (χ4n) is 0.661. The number of ether oxygens (including phenoxy) is 1. The van der Waals surface area contributed by atoms with E-state index in [-0.39, 0.29) is 5.76 Å². The van der Waals surface area contributed by atoms with E-state index < -0.39 is 0 Å². The zero-order chi connectivity index (χ0) is 11.8. The molecule has 0 aromatic heterocycles. The Morgan fingerprint density at radius 3 is 1.80 bits per heavy atom. The molecule has 15 heavy (non-hydrogen) atoms. The first-order valence-corrected chi connectivity index (χ1v) is 4.37. The molecule has 1 N–H and O–H groups in total. The Hall–Kier alpha value is -1.96. The summed E-state index contributed by atoms with van der Waals surface area (Å²) in [4.78, 5) is 0. The lowest BCUT2D eigenvalue weighted by Crippen LogP contribution is -1.85. The lowest BCUT2D eigenvalue weighted by molar-refractivity contribution is 0.339. The Kier molecular flexibility index (Phi) is 5.64. The third-order valence-electron chi connectivity index (χ3n) is 1.28. The van der Waals surface area contributed by atoms with Crippen molar-refractivity contribution in [3.05, 3.63) is 73.5 Å². The van der Waals surface area contributed by atoms with Gasteiger partial charge in [0, 0.05) is 0 Å². The van der Waals surface area contributed by atoms with Gasteiger partial charge in [0.05, 0.1) is 0 Å². The molecule has 2 nitrogen and oxygen atoms in total. The monoisotopic (exact) mass is 204 g/mol. The van der Waals surface area contributed by atoms with E-state index in [1.807, 2.05) is 6.92 Å². The molecule has 0 unspecified atom stereocenters. The Bertz CT molecular complexity index is 310. The van der Waals surface area contributed by atoms with Crippen LogP contribution < -0.4 is 0 Å². The number of allylic oxidation sites excluding steroid dienone is 5. The highest BCUT2D eigenvalue weighted by Crippen LogP contribution is 2.07. The van der Waals surface area contributed by atoms with Crippen molar-refractivity contribution in [3.63, 3.8) is 0 Å². The topological polar surface area (TPSA) is 29.5 Å². The Balaban J connectivity index is 4.14. The number of rotatable bonds is 6. The van der Waals surface area contributed by atoms with E-state index in [0.29, 0.717) is 11.5 Å². The molecule has 0 amide bonds. The zero-order valence-electron chi connectivity index (χ0n) is 8.99. The zero-order valence-corrected chi connectivity index (χ0v) is 8.99. The highest BCUT2D eigenvalue weighted by Gasteiger charge is 1.91. The van der Waals surface area contributed by atoms with Crippen molar-refractivity contribution in [2.75, 3.05) is 0 Å². The Labute approximate surface area is 90.9 Å². The van der Waals surface area contributed by atoms with Crippen molar-refractivity contribution in [1.82, 2.24) is 0 Å². The Morgan fingerprint density at radius 2 is 1.40 bits per heavy atom. The second kappa shape index (κ2) is 6.49. The van der Waals surface area contributed by atoms with Gasteiger partial charge in [0.2, 0.25) is 0 Å². The van der Waals surface area contributed by atoms with Crippen LogP contribution >= 0.6 is 0 Å². The smallest absolute Gasteiger partial charge is 0.120 e. The predicted octanol–water partition coefficient (Wildman–Crippen LogP) is 3.79. The first-order valence-electron chi connectivity index (χ1n) is 4.37. The average molecular weight is 204 g/mol. The first kappa shape index (κ1) is 13.0. The van der Waals surface area contributed by atoms with Crippen LogP contribution in [0.15, 0.2) is 73.5 Å². The first-order chi connectivity index (χ1) is 6.91. The molecule has 0 aromatic rings. The fourth-order valence-corrected chi connectivity index (χ4v) is 0.661. The van der Waals surface area contributed by atoms with Gasteiger partial charge in [-0.15, -0.1) is 0 Å². The lowest BCUT2D eigenvalue weighted by Gasteiger charge is -2.03. The molecule has 0 aliphatic carbocycles. The van der Waals surface area contributed by atoms with Gasteiger partial charge in [0.25, 0.3) is 0 Å². The molecule has 0 spiro atoms. The number of hydrogen-bond donors (Lipinski definition) is 1. The molecule has 0 aliphatic rings. The average Bonchev–Trinajstić information content (AvgIpc) is 2.11. The highest BCUT2D eigenvalue weighted by molar-refractivity contribution is 5.23. The van der Waals surface area contributed by atoms with Crippen molar-refractivity contribution in [2.24, 2.45) is 0 Å². The van der Waals surface area contributed by atoms with E-state index in [4.69, 9.17) is 9.84 Å². The quantitative estimate of drug-likeness (QED) is 0.527. The van der Waals surface area contributed by atoms with Crippen LogP contribution in [-0.2, 0) is 4.74 Å². The van der Waals surface area contributed by atoms with Crippen LogP contribution in [0.5, 0.6) is 0 Å². The van der Waals surface area contributed by atoms with Gasteiger partial charge in [-0.2, -0.15) is 0 Å². The lowest BCUT2D eigenvalue weighted by atomic mass is 10.3. The minimum Gasteiger partial charge on any atom is -0.509 e. The normalized spacial score (nSPS) is 10.5. The fraction of sp³-hybridized carbons (Fsp3) is 0.0769. The molecule has 0 heterocycles. The van der Waals surface area contributed by atoms with Gasteiger partial charge in [-0.05, 0) is 25.2 Å². The summed E-state index contributed by atoms with van der Waals surface area (Å²) in [5.41, 5.74) is 0.907. The van der Waals surface area contributed by atoms with Crippen LogP contribution in [0, 0.1) is 0 Å². The van der Waals surface area contributed by atoms with Gasteiger partial charge < -0.3 is 9.84 Å². The molecule has 0 rings (SSSR count). The van der Waals surface area contributed by atoms with Crippen LogP contribution in [0.4, 0.5) is 0 Å². The summed E-state index contributed by atoms with van der Waals surface area (Å²) in [5.74, 6) is 0.778. The number of aliphatic hydroxyl groups excluding tert-OH is 1. The molecule has 0 fully saturated rings.